The Morgan fingerprint density at radius 2 is 2.16 bits per heavy atom. The van der Waals surface area contributed by atoms with Crippen molar-refractivity contribution in [3.05, 3.63) is 51.9 Å². The molecule has 0 amide bonds. The summed E-state index contributed by atoms with van der Waals surface area (Å²) in [5.74, 6) is 0.323. The lowest BCUT2D eigenvalue weighted by atomic mass is 10.2. The summed E-state index contributed by atoms with van der Waals surface area (Å²) in [4.78, 5) is 0.940. The third-order valence-corrected chi connectivity index (χ3v) is 3.97. The van der Waals surface area contributed by atoms with E-state index in [9.17, 15) is 4.39 Å². The Morgan fingerprint density at radius 1 is 1.32 bits per heavy atom. The van der Waals surface area contributed by atoms with Crippen molar-refractivity contribution < 1.29 is 4.39 Å². The van der Waals surface area contributed by atoms with Crippen molar-refractivity contribution in [1.82, 2.24) is 14.8 Å². The van der Waals surface area contributed by atoms with Gasteiger partial charge < -0.3 is 0 Å². The first-order chi connectivity index (χ1) is 9.18. The second-order valence-electron chi connectivity index (χ2n) is 4.07. The van der Waals surface area contributed by atoms with Gasteiger partial charge in [-0.3, -0.25) is 9.67 Å². The van der Waals surface area contributed by atoms with Crippen molar-refractivity contribution in [3.8, 4) is 16.4 Å². The summed E-state index contributed by atoms with van der Waals surface area (Å²) in [6.45, 7) is 1.85. The molecule has 0 atom stereocenters. The zero-order chi connectivity index (χ0) is 13.4. The minimum Gasteiger partial charge on any atom is -0.264 e. The van der Waals surface area contributed by atoms with Crippen LogP contribution in [0.15, 0.2) is 35.7 Å². The fraction of sp³-hybridized carbons (Fsp3) is 0.0769. The minimum absolute atomic E-state index is 0.310. The first kappa shape index (κ1) is 12.3. The second kappa shape index (κ2) is 4.71. The van der Waals surface area contributed by atoms with Crippen LogP contribution in [0, 0.1) is 17.5 Å². The molecular weight excluding hydrogens is 281 g/mol. The SMILES string of the molecule is Cc1cccc(F)c1-n1c(-c2cccs2)n[nH]c1=S. The molecule has 3 aromatic rings. The Balaban J connectivity index is 2.32. The number of nitrogens with zero attached hydrogens (tertiary/aromatic N) is 2. The van der Waals surface area contributed by atoms with Gasteiger partial charge in [-0.25, -0.2) is 4.39 Å². The maximum Gasteiger partial charge on any atom is 0.200 e. The van der Waals surface area contributed by atoms with Crippen LogP contribution in [-0.4, -0.2) is 14.8 Å². The monoisotopic (exact) mass is 291 g/mol. The highest BCUT2D eigenvalue weighted by molar-refractivity contribution is 7.71. The van der Waals surface area contributed by atoms with Crippen molar-refractivity contribution in [2.45, 2.75) is 6.92 Å². The topological polar surface area (TPSA) is 33.6 Å². The lowest BCUT2D eigenvalue weighted by Crippen LogP contribution is -2.02. The number of aromatic nitrogens is 3. The standard InChI is InChI=1S/C13H10FN3S2/c1-8-4-2-5-9(14)11(8)17-12(15-16-13(17)18)10-6-3-7-19-10/h2-7H,1H3,(H,16,18). The summed E-state index contributed by atoms with van der Waals surface area (Å²) >= 11 is 6.77. The lowest BCUT2D eigenvalue weighted by Gasteiger charge is -2.10. The number of thiophene rings is 1. The highest BCUT2D eigenvalue weighted by atomic mass is 32.1. The van der Waals surface area contributed by atoms with Gasteiger partial charge in [0.25, 0.3) is 0 Å². The number of hydrogen-bond acceptors (Lipinski definition) is 3. The van der Waals surface area contributed by atoms with Crippen LogP contribution >= 0.6 is 23.6 Å². The largest absolute Gasteiger partial charge is 0.264 e. The van der Waals surface area contributed by atoms with E-state index in [0.29, 0.717) is 16.3 Å². The summed E-state index contributed by atoms with van der Waals surface area (Å²) in [6.07, 6.45) is 0. The molecule has 1 aromatic carbocycles. The molecule has 3 rings (SSSR count). The van der Waals surface area contributed by atoms with E-state index in [0.717, 1.165) is 10.4 Å². The van der Waals surface area contributed by atoms with E-state index in [-0.39, 0.29) is 5.82 Å². The lowest BCUT2D eigenvalue weighted by molar-refractivity contribution is 0.616. The number of nitrogens with one attached hydrogen (secondary N) is 1. The van der Waals surface area contributed by atoms with Crippen molar-refractivity contribution in [2.24, 2.45) is 0 Å². The van der Waals surface area contributed by atoms with Gasteiger partial charge in [-0.05, 0) is 42.2 Å². The van der Waals surface area contributed by atoms with Crippen molar-refractivity contribution >= 4 is 23.6 Å². The summed E-state index contributed by atoms with van der Waals surface area (Å²) in [5, 5.41) is 8.89. The predicted octanol–water partition coefficient (Wildman–Crippen LogP) is 4.11. The maximum absolute atomic E-state index is 14.1. The summed E-state index contributed by atoms with van der Waals surface area (Å²) < 4.78 is 16.1. The Labute approximate surface area is 118 Å². The van der Waals surface area contributed by atoms with E-state index in [1.807, 2.05) is 30.5 Å². The summed E-state index contributed by atoms with van der Waals surface area (Å²) in [6, 6.07) is 8.82. The molecule has 19 heavy (non-hydrogen) atoms. The Morgan fingerprint density at radius 3 is 2.84 bits per heavy atom. The molecule has 0 unspecified atom stereocenters. The van der Waals surface area contributed by atoms with E-state index in [1.54, 1.807) is 10.6 Å². The van der Waals surface area contributed by atoms with Gasteiger partial charge in [-0.1, -0.05) is 18.2 Å². The van der Waals surface area contributed by atoms with Gasteiger partial charge in [0, 0.05) is 0 Å². The predicted molar refractivity (Wildman–Crippen MR) is 76.8 cm³/mol. The zero-order valence-electron chi connectivity index (χ0n) is 10.1. The molecule has 6 heteroatoms. The molecule has 0 saturated carbocycles. The summed E-state index contributed by atoms with van der Waals surface area (Å²) in [5.41, 5.74) is 1.26. The van der Waals surface area contributed by atoms with Gasteiger partial charge in [0.05, 0.1) is 10.6 Å². The molecule has 96 valence electrons. The molecule has 1 N–H and O–H groups in total. The quantitative estimate of drug-likeness (QED) is 0.721. The van der Waals surface area contributed by atoms with Gasteiger partial charge in [-0.2, -0.15) is 5.10 Å². The van der Waals surface area contributed by atoms with Crippen molar-refractivity contribution in [2.75, 3.05) is 0 Å². The molecule has 2 heterocycles. The van der Waals surface area contributed by atoms with Gasteiger partial charge in [0.15, 0.2) is 10.6 Å². The Kier molecular flexibility index (Phi) is 3.04. The highest BCUT2D eigenvalue weighted by Gasteiger charge is 2.16. The second-order valence-corrected chi connectivity index (χ2v) is 5.40. The number of aryl methyl sites for hydroxylation is 1. The van der Waals surface area contributed by atoms with Gasteiger partial charge in [0.2, 0.25) is 0 Å². The van der Waals surface area contributed by atoms with Crippen LogP contribution < -0.4 is 0 Å². The first-order valence-corrected chi connectivity index (χ1v) is 6.94. The maximum atomic E-state index is 14.1. The smallest absolute Gasteiger partial charge is 0.200 e. The normalized spacial score (nSPS) is 10.8. The van der Waals surface area contributed by atoms with Crippen LogP contribution in [0.2, 0.25) is 0 Å². The molecule has 0 aliphatic heterocycles. The fourth-order valence-electron chi connectivity index (χ4n) is 1.98. The average molecular weight is 291 g/mol. The molecular formula is C13H10FN3S2. The Hall–Kier alpha value is -1.79. The van der Waals surface area contributed by atoms with E-state index in [4.69, 9.17) is 12.2 Å². The van der Waals surface area contributed by atoms with Crippen LogP contribution in [0.5, 0.6) is 0 Å². The third-order valence-electron chi connectivity index (χ3n) is 2.83. The molecule has 0 aliphatic rings. The van der Waals surface area contributed by atoms with Crippen LogP contribution in [0.3, 0.4) is 0 Å². The molecule has 0 aliphatic carbocycles. The number of rotatable bonds is 2. The highest BCUT2D eigenvalue weighted by Crippen LogP contribution is 2.28. The number of para-hydroxylation sites is 1. The van der Waals surface area contributed by atoms with Crippen LogP contribution in [0.25, 0.3) is 16.4 Å². The molecule has 0 radical (unpaired) electrons. The van der Waals surface area contributed by atoms with E-state index >= 15 is 0 Å². The van der Waals surface area contributed by atoms with E-state index in [2.05, 4.69) is 10.2 Å². The van der Waals surface area contributed by atoms with E-state index in [1.165, 1.54) is 17.4 Å². The van der Waals surface area contributed by atoms with Gasteiger partial charge >= 0.3 is 0 Å². The molecule has 0 fully saturated rings. The number of benzene rings is 1. The van der Waals surface area contributed by atoms with Crippen molar-refractivity contribution in [1.29, 1.82) is 0 Å². The van der Waals surface area contributed by atoms with Crippen LogP contribution in [0.1, 0.15) is 5.56 Å². The first-order valence-electron chi connectivity index (χ1n) is 5.65. The molecule has 0 spiro atoms. The van der Waals surface area contributed by atoms with Gasteiger partial charge in [0.1, 0.15) is 5.82 Å². The number of H-pyrrole nitrogens is 1. The third kappa shape index (κ3) is 2.02. The fourth-order valence-corrected chi connectivity index (χ4v) is 2.91. The Bertz CT molecular complexity index is 751. The molecule has 0 bridgehead atoms. The minimum atomic E-state index is -0.310. The van der Waals surface area contributed by atoms with Crippen molar-refractivity contribution in [3.63, 3.8) is 0 Å². The van der Waals surface area contributed by atoms with Gasteiger partial charge in [-0.15, -0.1) is 11.3 Å². The number of halogens is 1. The average Bonchev–Trinajstić information content (AvgIpc) is 2.99. The number of aromatic amines is 1. The summed E-state index contributed by atoms with van der Waals surface area (Å²) in [7, 11) is 0. The van der Waals surface area contributed by atoms with Crippen LogP contribution in [-0.2, 0) is 0 Å². The number of hydrogen-bond donors (Lipinski definition) is 1. The molecule has 3 nitrogen and oxygen atoms in total. The molecule has 0 saturated heterocycles. The van der Waals surface area contributed by atoms with E-state index < -0.39 is 0 Å². The molecule has 2 aromatic heterocycles. The zero-order valence-corrected chi connectivity index (χ0v) is 11.7. The van der Waals surface area contributed by atoms with Crippen LogP contribution in [0.4, 0.5) is 4.39 Å².